The van der Waals surface area contributed by atoms with Crippen LogP contribution in [-0.2, 0) is 28.5 Å². The first-order chi connectivity index (χ1) is 18.5. The number of hydrogen-bond donors (Lipinski definition) is 2. The van der Waals surface area contributed by atoms with E-state index in [1.165, 1.54) is 19.2 Å². The van der Waals surface area contributed by atoms with Gasteiger partial charge in [-0.05, 0) is 35.0 Å². The molecule has 0 bridgehead atoms. The predicted molar refractivity (Wildman–Crippen MR) is 135 cm³/mol. The van der Waals surface area contributed by atoms with E-state index < -0.39 is 71.0 Å². The summed E-state index contributed by atoms with van der Waals surface area (Å²) in [6.45, 7) is 2.79. The van der Waals surface area contributed by atoms with E-state index in [4.69, 9.17) is 18.9 Å². The van der Waals surface area contributed by atoms with Gasteiger partial charge in [0.15, 0.2) is 12.3 Å². The molecule has 16 heteroatoms. The van der Waals surface area contributed by atoms with Crippen molar-refractivity contribution in [1.29, 1.82) is 0 Å². The van der Waals surface area contributed by atoms with Crippen molar-refractivity contribution < 1.29 is 38.3 Å². The summed E-state index contributed by atoms with van der Waals surface area (Å²) >= 11 is 3.04. The third-order valence-electron chi connectivity index (χ3n) is 5.74. The van der Waals surface area contributed by atoms with Crippen LogP contribution in [0.25, 0.3) is 0 Å². The van der Waals surface area contributed by atoms with Crippen LogP contribution in [0.2, 0.25) is 0 Å². The summed E-state index contributed by atoms with van der Waals surface area (Å²) < 4.78 is 23.0. The molecular weight excluding hydrogens is 588 g/mol. The Labute approximate surface area is 228 Å². The number of aromatic amines is 1. The Morgan fingerprint density at radius 2 is 1.90 bits per heavy atom. The predicted octanol–water partition coefficient (Wildman–Crippen LogP) is 0.803. The van der Waals surface area contributed by atoms with Crippen molar-refractivity contribution in [3.63, 3.8) is 0 Å². The number of nitrogens with one attached hydrogen (secondary N) is 2. The molecule has 0 radical (unpaired) electrons. The lowest BCUT2D eigenvalue weighted by Gasteiger charge is -2.28. The van der Waals surface area contributed by atoms with Crippen molar-refractivity contribution in [2.75, 3.05) is 13.7 Å². The minimum Gasteiger partial charge on any atom is -0.466 e. The number of benzene rings is 1. The van der Waals surface area contributed by atoms with E-state index in [-0.39, 0.29) is 22.3 Å². The average molecular weight is 613 g/mol. The number of carbonyl (C=O) groups excluding carboxylic acids is 3. The summed E-state index contributed by atoms with van der Waals surface area (Å²) in [5, 5.41) is 13.6. The maximum Gasteiger partial charge on any atom is 0.330 e. The van der Waals surface area contributed by atoms with Gasteiger partial charge in [0.25, 0.3) is 17.2 Å². The highest BCUT2D eigenvalue weighted by Gasteiger charge is 2.52. The number of ether oxygens (including phenoxy) is 4. The minimum atomic E-state index is -1.33. The highest BCUT2D eigenvalue weighted by Crippen LogP contribution is 2.35. The largest absolute Gasteiger partial charge is 0.466 e. The summed E-state index contributed by atoms with van der Waals surface area (Å²) in [5.41, 5.74) is -1.75. The number of esters is 2. The Balaban J connectivity index is 2.01. The summed E-state index contributed by atoms with van der Waals surface area (Å²) in [6, 6.07) is 3.63. The van der Waals surface area contributed by atoms with E-state index in [0.717, 1.165) is 29.8 Å². The van der Waals surface area contributed by atoms with Crippen LogP contribution >= 0.6 is 15.9 Å². The number of nitro groups is 1. The lowest BCUT2D eigenvalue weighted by molar-refractivity contribution is -0.384. The molecule has 2 heterocycles. The van der Waals surface area contributed by atoms with Gasteiger partial charge in [0.2, 0.25) is 0 Å². The Bertz CT molecular complexity index is 1360. The van der Waals surface area contributed by atoms with Crippen LogP contribution in [0.3, 0.4) is 0 Å². The van der Waals surface area contributed by atoms with E-state index in [0.29, 0.717) is 0 Å². The third kappa shape index (κ3) is 6.96. The quantitative estimate of drug-likeness (QED) is 0.218. The fourth-order valence-corrected chi connectivity index (χ4v) is 4.40. The zero-order valence-electron chi connectivity index (χ0n) is 21.0. The molecular formula is C23H25BrN4O11. The van der Waals surface area contributed by atoms with Crippen molar-refractivity contribution in [2.45, 2.75) is 50.8 Å². The normalized spacial score (nSPS) is 21.1. The molecule has 0 spiro atoms. The second-order valence-corrected chi connectivity index (χ2v) is 9.16. The molecule has 5 atom stereocenters. The fourth-order valence-electron chi connectivity index (χ4n) is 4.08. The number of methoxy groups -OCH3 is 1. The molecule has 3 rings (SSSR count). The molecule has 1 saturated heterocycles. The van der Waals surface area contributed by atoms with E-state index in [1.54, 1.807) is 6.92 Å². The smallest absolute Gasteiger partial charge is 0.330 e. The van der Waals surface area contributed by atoms with Gasteiger partial charge in [0.1, 0.15) is 12.2 Å². The number of carbonyl (C=O) groups is 3. The van der Waals surface area contributed by atoms with Gasteiger partial charge in [-0.3, -0.25) is 38.8 Å². The van der Waals surface area contributed by atoms with Crippen LogP contribution in [0.1, 0.15) is 36.9 Å². The van der Waals surface area contributed by atoms with Crippen LogP contribution in [0.15, 0.2) is 44.5 Å². The molecule has 0 aliphatic carbocycles. The molecule has 1 aliphatic rings. The van der Waals surface area contributed by atoms with Crippen molar-refractivity contribution in [3.8, 4) is 0 Å². The topological polar surface area (TPSA) is 198 Å². The van der Waals surface area contributed by atoms with Crippen molar-refractivity contribution in [1.82, 2.24) is 14.9 Å². The van der Waals surface area contributed by atoms with Crippen LogP contribution in [0.5, 0.6) is 0 Å². The van der Waals surface area contributed by atoms with Crippen LogP contribution in [0.4, 0.5) is 5.69 Å². The highest BCUT2D eigenvalue weighted by molar-refractivity contribution is 9.10. The molecule has 1 amide bonds. The van der Waals surface area contributed by atoms with Gasteiger partial charge in [0.05, 0.1) is 28.5 Å². The van der Waals surface area contributed by atoms with Gasteiger partial charge >= 0.3 is 17.6 Å². The number of non-ortho nitro benzene ring substituents is 1. The lowest BCUT2D eigenvalue weighted by atomic mass is 9.99. The van der Waals surface area contributed by atoms with Gasteiger partial charge < -0.3 is 24.3 Å². The van der Waals surface area contributed by atoms with E-state index in [1.807, 2.05) is 0 Å². The fraction of sp³-hybridized carbons (Fsp3) is 0.435. The first-order valence-electron chi connectivity index (χ1n) is 11.5. The minimum absolute atomic E-state index is 0.0146. The second-order valence-electron chi connectivity index (χ2n) is 8.30. The van der Waals surface area contributed by atoms with Crippen LogP contribution in [-0.4, -0.2) is 70.4 Å². The maximum absolute atomic E-state index is 13.1. The molecule has 1 fully saturated rings. The molecule has 2 aromatic rings. The molecule has 0 saturated carbocycles. The Morgan fingerprint density at radius 3 is 2.46 bits per heavy atom. The van der Waals surface area contributed by atoms with Gasteiger partial charge in [-0.15, -0.1) is 0 Å². The molecule has 1 aromatic heterocycles. The van der Waals surface area contributed by atoms with E-state index in [2.05, 4.69) is 26.2 Å². The Kier molecular flexibility index (Phi) is 9.71. The van der Waals surface area contributed by atoms with Crippen LogP contribution < -0.4 is 16.6 Å². The number of rotatable bonds is 10. The molecule has 1 aliphatic heterocycles. The monoisotopic (exact) mass is 612 g/mol. The number of amides is 1. The van der Waals surface area contributed by atoms with E-state index in [9.17, 15) is 34.1 Å². The van der Waals surface area contributed by atoms with Crippen molar-refractivity contribution in [2.24, 2.45) is 0 Å². The van der Waals surface area contributed by atoms with Gasteiger partial charge in [-0.2, -0.15) is 0 Å². The first-order valence-corrected chi connectivity index (χ1v) is 12.3. The average Bonchev–Trinajstić information content (AvgIpc) is 3.23. The zero-order chi connectivity index (χ0) is 28.9. The third-order valence-corrected chi connectivity index (χ3v) is 6.31. The molecule has 2 N–H and O–H groups in total. The zero-order valence-corrected chi connectivity index (χ0v) is 22.5. The summed E-state index contributed by atoms with van der Waals surface area (Å²) in [5.74, 6) is -2.12. The molecule has 39 heavy (non-hydrogen) atoms. The summed E-state index contributed by atoms with van der Waals surface area (Å²) in [6.07, 6.45) is -4.10. The number of halogens is 1. The standard InChI is InChI=1S/C23H25BrN4O11/c1-4-37-16(30)9-15(25-20(31)12-5-7-13(8-6-12)28(34)35)17-18(36-3)19(38-11(2)29)22(39-17)27-10-14(24)21(32)26-23(27)33/h5-8,10,15,17-19,22H,4,9H2,1-3H3,(H,25,31)(H,26,32,33)/t15?,17?,18-,19+,22-/m0/s1. The number of nitrogens with zero attached hydrogens (tertiary/aromatic N) is 2. The molecule has 2 unspecified atom stereocenters. The summed E-state index contributed by atoms with van der Waals surface area (Å²) in [7, 11) is 1.28. The first kappa shape index (κ1) is 29.7. The van der Waals surface area contributed by atoms with Gasteiger partial charge in [-0.25, -0.2) is 4.79 Å². The van der Waals surface area contributed by atoms with Gasteiger partial charge in [-0.1, -0.05) is 0 Å². The lowest BCUT2D eigenvalue weighted by Crippen LogP contribution is -2.51. The molecule has 210 valence electrons. The van der Waals surface area contributed by atoms with Gasteiger partial charge in [0, 0.05) is 37.9 Å². The number of hydrogen-bond acceptors (Lipinski definition) is 11. The molecule has 1 aromatic carbocycles. The van der Waals surface area contributed by atoms with Crippen molar-refractivity contribution >= 4 is 39.5 Å². The van der Waals surface area contributed by atoms with E-state index >= 15 is 0 Å². The maximum atomic E-state index is 13.1. The summed E-state index contributed by atoms with van der Waals surface area (Å²) in [4.78, 5) is 74.4. The van der Waals surface area contributed by atoms with Crippen molar-refractivity contribution in [3.05, 3.63) is 71.5 Å². The number of aromatic nitrogens is 2. The Morgan fingerprint density at radius 1 is 1.23 bits per heavy atom. The number of H-pyrrole nitrogens is 1. The number of nitro benzene ring substituents is 1. The molecule has 15 nitrogen and oxygen atoms in total. The SMILES string of the molecule is CCOC(=O)CC(NC(=O)c1ccc([N+](=O)[O-])cc1)C1O[C@H](n2cc(Br)c(=O)[nH]c2=O)[C@H](OC(C)=O)[C@H]1OC. The highest BCUT2D eigenvalue weighted by atomic mass is 79.9. The second kappa shape index (κ2) is 12.8. The Hall–Kier alpha value is -3.89. The van der Waals surface area contributed by atoms with Crippen LogP contribution in [0, 0.1) is 10.1 Å².